The third-order valence-corrected chi connectivity index (χ3v) is 6.92. The van der Waals surface area contributed by atoms with E-state index in [0.29, 0.717) is 0 Å². The largest absolute Gasteiger partial charge is 0.503 e. The number of halogens is 4. The Bertz CT molecular complexity index is 1390. The Balaban J connectivity index is 2.26. The number of carboxylic acids is 1. The molecule has 0 saturated carbocycles. The first-order valence-electron chi connectivity index (χ1n) is 10.5. The number of aromatic nitrogens is 1. The van der Waals surface area contributed by atoms with Crippen molar-refractivity contribution in [3.8, 4) is 5.75 Å². The lowest BCUT2D eigenvalue weighted by atomic mass is 9.93. The summed E-state index contributed by atoms with van der Waals surface area (Å²) in [5, 5.41) is 21.8. The number of phenols is 1. The molecule has 3 rings (SSSR count). The zero-order valence-electron chi connectivity index (χ0n) is 19.2. The highest BCUT2D eigenvalue weighted by Crippen LogP contribution is 2.39. The Morgan fingerprint density at radius 3 is 2.34 bits per heavy atom. The van der Waals surface area contributed by atoms with E-state index in [-0.39, 0.29) is 44.2 Å². The highest BCUT2D eigenvalue weighted by Gasteiger charge is 2.37. The highest BCUT2D eigenvalue weighted by atomic mass is 35.5. The van der Waals surface area contributed by atoms with Gasteiger partial charge in [0.25, 0.3) is 5.91 Å². The summed E-state index contributed by atoms with van der Waals surface area (Å²) in [5.74, 6) is -7.83. The fourth-order valence-corrected chi connectivity index (χ4v) is 4.16. The number of hydrogen-bond donors (Lipinski definition) is 3. The zero-order chi connectivity index (χ0) is 26.4. The molecule has 0 aliphatic rings. The minimum absolute atomic E-state index is 0.0115. The first-order chi connectivity index (χ1) is 16.2. The van der Waals surface area contributed by atoms with Crippen LogP contribution in [-0.2, 0) is 9.59 Å². The third kappa shape index (κ3) is 4.46. The third-order valence-electron chi connectivity index (χ3n) is 6.18. The van der Waals surface area contributed by atoms with Crippen LogP contribution in [0.3, 0.4) is 0 Å². The maximum atomic E-state index is 15.2. The number of benzene rings is 2. The summed E-state index contributed by atoms with van der Waals surface area (Å²) in [4.78, 5) is 38.1. The van der Waals surface area contributed by atoms with Gasteiger partial charge in [0.1, 0.15) is 5.54 Å². The Labute approximate surface area is 209 Å². The van der Waals surface area contributed by atoms with E-state index in [0.717, 1.165) is 10.6 Å². The van der Waals surface area contributed by atoms with Crippen molar-refractivity contribution < 1.29 is 33.4 Å². The highest BCUT2D eigenvalue weighted by molar-refractivity contribution is 6.42. The molecule has 3 aromatic rings. The van der Waals surface area contributed by atoms with Gasteiger partial charge in [0, 0.05) is 22.7 Å². The molecule has 0 saturated heterocycles. The minimum Gasteiger partial charge on any atom is -0.503 e. The normalized spacial score (nSPS) is 13.9. The topological polar surface area (TPSA) is 109 Å². The fourth-order valence-electron chi connectivity index (χ4n) is 3.86. The Morgan fingerprint density at radius 1 is 1.17 bits per heavy atom. The Morgan fingerprint density at radius 2 is 1.80 bits per heavy atom. The molecule has 11 heteroatoms. The molecule has 35 heavy (non-hydrogen) atoms. The van der Waals surface area contributed by atoms with Crippen molar-refractivity contribution in [2.45, 2.75) is 45.6 Å². The Kier molecular flexibility index (Phi) is 7.15. The van der Waals surface area contributed by atoms with E-state index in [4.69, 9.17) is 23.2 Å². The van der Waals surface area contributed by atoms with Crippen molar-refractivity contribution in [2.75, 3.05) is 0 Å². The smallest absolute Gasteiger partial charge is 0.329 e. The van der Waals surface area contributed by atoms with Gasteiger partial charge in [-0.05, 0) is 51.0 Å². The van der Waals surface area contributed by atoms with Gasteiger partial charge in [0.15, 0.2) is 17.4 Å². The molecule has 0 bridgehead atoms. The van der Waals surface area contributed by atoms with Gasteiger partial charge in [-0.15, -0.1) is 0 Å². The van der Waals surface area contributed by atoms with E-state index in [1.165, 1.54) is 39.0 Å². The van der Waals surface area contributed by atoms with Crippen LogP contribution in [0.25, 0.3) is 10.9 Å². The van der Waals surface area contributed by atoms with Gasteiger partial charge in [-0.2, -0.15) is 0 Å². The molecule has 186 valence electrons. The maximum absolute atomic E-state index is 15.2. The van der Waals surface area contributed by atoms with E-state index in [9.17, 15) is 29.0 Å². The van der Waals surface area contributed by atoms with E-state index in [2.05, 4.69) is 5.32 Å². The molecule has 0 aliphatic heterocycles. The number of nitrogens with zero attached hydrogens (tertiary/aromatic N) is 1. The van der Waals surface area contributed by atoms with Crippen LogP contribution in [0.4, 0.5) is 8.78 Å². The van der Waals surface area contributed by atoms with Gasteiger partial charge in [0.05, 0.1) is 21.5 Å². The molecule has 1 heterocycles. The van der Waals surface area contributed by atoms with Crippen LogP contribution in [0.2, 0.25) is 10.0 Å². The van der Waals surface area contributed by atoms with Crippen molar-refractivity contribution in [1.82, 2.24) is 9.88 Å². The number of carbonyl (C=O) groups excluding carboxylic acids is 2. The predicted octanol–water partition coefficient (Wildman–Crippen LogP) is 5.40. The number of carbonyl (C=O) groups is 3. The quantitative estimate of drug-likeness (QED) is 0.398. The molecule has 1 amide bonds. The van der Waals surface area contributed by atoms with Gasteiger partial charge in [-0.25, -0.2) is 13.6 Å². The van der Waals surface area contributed by atoms with Gasteiger partial charge < -0.3 is 15.5 Å². The lowest BCUT2D eigenvalue weighted by molar-refractivity contribution is -0.147. The molecule has 7 nitrogen and oxygen atoms in total. The van der Waals surface area contributed by atoms with Crippen molar-refractivity contribution in [3.63, 3.8) is 0 Å². The summed E-state index contributed by atoms with van der Waals surface area (Å²) < 4.78 is 30.5. The first kappa shape index (κ1) is 26.4. The number of amides is 1. The SMILES string of the molecule is CCC(C)(NC(=O)C(C)c1c(C)n(C(=O)c2ccc(Cl)c(Cl)c2)c2cc(F)c(O)c(F)c12)C(=O)O. The number of fused-ring (bicyclic) bond motifs is 1. The molecule has 0 aliphatic carbocycles. The molecule has 3 N–H and O–H groups in total. The number of aromatic hydroxyl groups is 1. The standard InChI is InChI=1S/C24H22Cl2F2N2O5/c1-5-24(4,23(34)35)29-21(32)10(2)17-11(3)30(16-9-15(27)20(31)19(28)18(16)17)22(33)12-6-7-13(25)14(26)8-12/h6-10,31H,5H2,1-4H3,(H,29,32)(H,34,35). The lowest BCUT2D eigenvalue weighted by Gasteiger charge is -2.26. The van der Waals surface area contributed by atoms with E-state index in [1.54, 1.807) is 6.92 Å². The zero-order valence-corrected chi connectivity index (χ0v) is 20.7. The molecule has 2 aromatic carbocycles. The molecule has 0 radical (unpaired) electrons. The summed E-state index contributed by atoms with van der Waals surface area (Å²) in [5.41, 5.74) is -1.68. The number of aliphatic carboxylic acids is 1. The fraction of sp³-hybridized carbons (Fsp3) is 0.292. The van der Waals surface area contributed by atoms with Crippen LogP contribution in [0.15, 0.2) is 24.3 Å². The van der Waals surface area contributed by atoms with Crippen molar-refractivity contribution in [3.05, 3.63) is 62.8 Å². The average Bonchev–Trinajstić information content (AvgIpc) is 3.09. The van der Waals surface area contributed by atoms with Crippen molar-refractivity contribution in [2.24, 2.45) is 0 Å². The van der Waals surface area contributed by atoms with Crippen LogP contribution in [0.1, 0.15) is 54.7 Å². The number of carboxylic acid groups (broad SMARTS) is 1. The summed E-state index contributed by atoms with van der Waals surface area (Å²) >= 11 is 11.9. The molecule has 2 unspecified atom stereocenters. The van der Waals surface area contributed by atoms with Crippen LogP contribution < -0.4 is 5.32 Å². The summed E-state index contributed by atoms with van der Waals surface area (Å²) in [6.45, 7) is 5.72. The monoisotopic (exact) mass is 526 g/mol. The van der Waals surface area contributed by atoms with Gasteiger partial charge in [-0.1, -0.05) is 30.1 Å². The maximum Gasteiger partial charge on any atom is 0.329 e. The van der Waals surface area contributed by atoms with Crippen LogP contribution >= 0.6 is 23.2 Å². The van der Waals surface area contributed by atoms with Gasteiger partial charge in [-0.3, -0.25) is 14.2 Å². The first-order valence-corrected chi connectivity index (χ1v) is 11.3. The second-order valence-electron chi connectivity index (χ2n) is 8.39. The van der Waals surface area contributed by atoms with Gasteiger partial charge >= 0.3 is 5.97 Å². The predicted molar refractivity (Wildman–Crippen MR) is 127 cm³/mol. The molecule has 2 atom stereocenters. The molecule has 0 spiro atoms. The molecule has 0 fully saturated rings. The van der Waals surface area contributed by atoms with E-state index >= 15 is 4.39 Å². The van der Waals surface area contributed by atoms with E-state index < -0.39 is 46.6 Å². The summed E-state index contributed by atoms with van der Waals surface area (Å²) in [7, 11) is 0. The summed E-state index contributed by atoms with van der Waals surface area (Å²) in [6.07, 6.45) is 0.0672. The Hall–Kier alpha value is -3.17. The minimum atomic E-state index is -1.60. The molecular weight excluding hydrogens is 505 g/mol. The second kappa shape index (κ2) is 9.47. The van der Waals surface area contributed by atoms with Crippen LogP contribution in [0, 0.1) is 18.6 Å². The van der Waals surface area contributed by atoms with Crippen LogP contribution in [-0.4, -0.2) is 38.1 Å². The summed E-state index contributed by atoms with van der Waals surface area (Å²) in [6, 6.07) is 4.85. The number of rotatable bonds is 6. The van der Waals surface area contributed by atoms with Crippen molar-refractivity contribution >= 4 is 51.9 Å². The van der Waals surface area contributed by atoms with E-state index in [1.807, 2.05) is 0 Å². The molecule has 1 aromatic heterocycles. The van der Waals surface area contributed by atoms with Crippen molar-refractivity contribution in [1.29, 1.82) is 0 Å². The lowest BCUT2D eigenvalue weighted by Crippen LogP contribution is -2.52. The second-order valence-corrected chi connectivity index (χ2v) is 9.20. The van der Waals surface area contributed by atoms with Crippen LogP contribution in [0.5, 0.6) is 5.75 Å². The number of nitrogens with one attached hydrogen (secondary N) is 1. The van der Waals surface area contributed by atoms with Gasteiger partial charge in [0.2, 0.25) is 5.91 Å². The molecular formula is C24H22Cl2F2N2O5. The average molecular weight is 527 g/mol. The number of hydrogen-bond acceptors (Lipinski definition) is 4. The number of phenolic OH excluding ortho intramolecular Hbond substituents is 1.